The number of amides is 3. The molecule has 0 aromatic heterocycles. The molecular formula is C24H24Cl2F2N4O3. The lowest BCUT2D eigenvalue weighted by Crippen LogP contribution is -2.56. The van der Waals surface area contributed by atoms with Crippen LogP contribution in [-0.4, -0.2) is 58.9 Å². The lowest BCUT2D eigenvalue weighted by Gasteiger charge is -2.33. The first-order chi connectivity index (χ1) is 16.6. The van der Waals surface area contributed by atoms with Crippen LogP contribution in [0.25, 0.3) is 0 Å². The first-order valence-electron chi connectivity index (χ1n) is 11.2. The lowest BCUT2D eigenvalue weighted by atomic mass is 9.92. The molecule has 2 aliphatic rings. The second-order valence-electron chi connectivity index (χ2n) is 8.78. The van der Waals surface area contributed by atoms with Gasteiger partial charge in [-0.15, -0.1) is 0 Å². The highest BCUT2D eigenvalue weighted by Crippen LogP contribution is 2.27. The van der Waals surface area contributed by atoms with E-state index in [0.29, 0.717) is 18.9 Å². The number of rotatable bonds is 4. The molecule has 0 spiro atoms. The molecule has 11 heteroatoms. The molecule has 3 N–H and O–H groups in total. The predicted octanol–water partition coefficient (Wildman–Crippen LogP) is 3.58. The molecule has 1 heterocycles. The van der Waals surface area contributed by atoms with Gasteiger partial charge in [-0.3, -0.25) is 14.4 Å². The maximum absolute atomic E-state index is 13.8. The number of hydrogen-bond donors (Lipinski definition) is 2. The van der Waals surface area contributed by atoms with Gasteiger partial charge in [0.2, 0.25) is 0 Å². The van der Waals surface area contributed by atoms with Crippen molar-refractivity contribution in [2.24, 2.45) is 5.73 Å². The van der Waals surface area contributed by atoms with Gasteiger partial charge in [0, 0.05) is 42.4 Å². The molecule has 7 nitrogen and oxygen atoms in total. The number of halogens is 4. The maximum atomic E-state index is 13.8. The Bertz CT molecular complexity index is 1140. The van der Waals surface area contributed by atoms with Crippen LogP contribution in [0.2, 0.25) is 10.0 Å². The van der Waals surface area contributed by atoms with Crippen LogP contribution < -0.4 is 11.1 Å². The number of hydrogen-bond acceptors (Lipinski definition) is 4. The Morgan fingerprint density at radius 1 is 0.829 bits per heavy atom. The van der Waals surface area contributed by atoms with E-state index in [9.17, 15) is 23.2 Å². The summed E-state index contributed by atoms with van der Waals surface area (Å²) in [5.41, 5.74) is 5.88. The van der Waals surface area contributed by atoms with Crippen molar-refractivity contribution < 1.29 is 23.2 Å². The van der Waals surface area contributed by atoms with Crippen LogP contribution in [0, 0.1) is 11.6 Å². The van der Waals surface area contributed by atoms with Gasteiger partial charge in [0.1, 0.15) is 11.6 Å². The number of nitrogens with zero attached hydrogens (tertiary/aromatic N) is 2. The molecule has 2 fully saturated rings. The van der Waals surface area contributed by atoms with Crippen LogP contribution in [0.3, 0.4) is 0 Å². The third-order valence-corrected chi connectivity index (χ3v) is 7.06. The molecular weight excluding hydrogens is 501 g/mol. The van der Waals surface area contributed by atoms with Gasteiger partial charge in [-0.25, -0.2) is 8.78 Å². The molecule has 1 aliphatic carbocycles. The van der Waals surface area contributed by atoms with Crippen LogP contribution in [-0.2, 0) is 4.79 Å². The SMILES string of the molecule is NC1CCC(NC(=O)C2N(C(=O)c3cc(F)cc(F)c3)CCN2C(=O)c2ccc(Cl)c(Cl)c2)CC1. The third-order valence-electron chi connectivity index (χ3n) is 6.32. The first-order valence-corrected chi connectivity index (χ1v) is 12.0. The Morgan fingerprint density at radius 2 is 1.40 bits per heavy atom. The zero-order valence-corrected chi connectivity index (χ0v) is 20.2. The summed E-state index contributed by atoms with van der Waals surface area (Å²) >= 11 is 12.0. The number of nitrogens with two attached hydrogens (primary N) is 1. The number of carbonyl (C=O) groups is 3. The summed E-state index contributed by atoms with van der Waals surface area (Å²) in [4.78, 5) is 42.4. The van der Waals surface area contributed by atoms with E-state index in [4.69, 9.17) is 28.9 Å². The van der Waals surface area contributed by atoms with E-state index in [1.54, 1.807) is 0 Å². The van der Waals surface area contributed by atoms with E-state index < -0.39 is 35.5 Å². The van der Waals surface area contributed by atoms with E-state index in [2.05, 4.69) is 5.32 Å². The van der Waals surface area contributed by atoms with E-state index in [-0.39, 0.29) is 46.3 Å². The molecule has 1 aliphatic heterocycles. The number of nitrogens with one attached hydrogen (secondary N) is 1. The Hall–Kier alpha value is -2.75. The molecule has 3 amide bonds. The normalized spacial score (nSPS) is 22.3. The summed E-state index contributed by atoms with van der Waals surface area (Å²) < 4.78 is 27.6. The fourth-order valence-electron chi connectivity index (χ4n) is 4.51. The largest absolute Gasteiger partial charge is 0.350 e. The maximum Gasteiger partial charge on any atom is 0.264 e. The zero-order valence-electron chi connectivity index (χ0n) is 18.6. The highest BCUT2D eigenvalue weighted by atomic mass is 35.5. The molecule has 0 bridgehead atoms. The highest BCUT2D eigenvalue weighted by molar-refractivity contribution is 6.42. The molecule has 1 saturated carbocycles. The van der Waals surface area contributed by atoms with E-state index in [0.717, 1.165) is 29.9 Å². The minimum absolute atomic E-state index is 0.00233. The van der Waals surface area contributed by atoms with Crippen molar-refractivity contribution in [3.63, 3.8) is 0 Å². The fraction of sp³-hybridized carbons (Fsp3) is 0.375. The van der Waals surface area contributed by atoms with Gasteiger partial charge in [0.25, 0.3) is 17.7 Å². The van der Waals surface area contributed by atoms with E-state index in [1.165, 1.54) is 23.1 Å². The van der Waals surface area contributed by atoms with Crippen LogP contribution in [0.4, 0.5) is 8.78 Å². The van der Waals surface area contributed by atoms with E-state index in [1.807, 2.05) is 0 Å². The predicted molar refractivity (Wildman–Crippen MR) is 127 cm³/mol. The van der Waals surface area contributed by atoms with Gasteiger partial charge in [0.15, 0.2) is 6.17 Å². The van der Waals surface area contributed by atoms with Gasteiger partial charge in [-0.2, -0.15) is 0 Å². The van der Waals surface area contributed by atoms with Crippen molar-refractivity contribution in [1.29, 1.82) is 0 Å². The summed E-state index contributed by atoms with van der Waals surface area (Å²) in [6.45, 7) is 0.0356. The third kappa shape index (κ3) is 5.58. The second-order valence-corrected chi connectivity index (χ2v) is 9.59. The summed E-state index contributed by atoms with van der Waals surface area (Å²) in [5, 5.41) is 3.35. The molecule has 0 radical (unpaired) electrons. The van der Waals surface area contributed by atoms with Gasteiger partial charge >= 0.3 is 0 Å². The fourth-order valence-corrected chi connectivity index (χ4v) is 4.81. The minimum Gasteiger partial charge on any atom is -0.350 e. The van der Waals surface area contributed by atoms with Crippen molar-refractivity contribution in [2.75, 3.05) is 13.1 Å². The Balaban J connectivity index is 1.63. The van der Waals surface area contributed by atoms with Gasteiger partial charge in [-0.1, -0.05) is 23.2 Å². The average Bonchev–Trinajstić information content (AvgIpc) is 3.26. The monoisotopic (exact) mass is 524 g/mol. The van der Waals surface area contributed by atoms with Crippen molar-refractivity contribution in [2.45, 2.75) is 43.9 Å². The van der Waals surface area contributed by atoms with Gasteiger partial charge in [0.05, 0.1) is 10.0 Å². The molecule has 2 aromatic carbocycles. The van der Waals surface area contributed by atoms with E-state index >= 15 is 0 Å². The van der Waals surface area contributed by atoms with Crippen molar-refractivity contribution in [3.8, 4) is 0 Å². The van der Waals surface area contributed by atoms with Gasteiger partial charge < -0.3 is 20.9 Å². The molecule has 1 saturated heterocycles. The summed E-state index contributed by atoms with van der Waals surface area (Å²) in [6, 6.07) is 6.68. The summed E-state index contributed by atoms with van der Waals surface area (Å²) in [6.07, 6.45) is 1.51. The topological polar surface area (TPSA) is 95.7 Å². The number of benzene rings is 2. The molecule has 1 atom stereocenters. The van der Waals surface area contributed by atoms with Crippen LogP contribution >= 0.6 is 23.2 Å². The Kier molecular flexibility index (Phi) is 7.59. The lowest BCUT2D eigenvalue weighted by molar-refractivity contribution is -0.129. The van der Waals surface area contributed by atoms with Crippen LogP contribution in [0.15, 0.2) is 36.4 Å². The Morgan fingerprint density at radius 3 is 1.97 bits per heavy atom. The standard InChI is InChI=1S/C24H24Cl2F2N4O3/c25-19-6-1-13(11-20(19)26)23(34)31-7-8-32(24(35)14-9-15(27)12-16(28)10-14)22(31)21(33)30-18-4-2-17(29)3-5-18/h1,6,9-12,17-18,22H,2-5,7-8,29H2,(H,30,33). The highest BCUT2D eigenvalue weighted by Gasteiger charge is 2.44. The molecule has 2 aromatic rings. The zero-order chi connectivity index (χ0) is 25.3. The summed E-state index contributed by atoms with van der Waals surface area (Å²) in [5.74, 6) is -3.69. The molecule has 1 unspecified atom stereocenters. The molecule has 186 valence electrons. The second kappa shape index (κ2) is 10.5. The minimum atomic E-state index is -1.31. The van der Waals surface area contributed by atoms with Crippen molar-refractivity contribution in [3.05, 3.63) is 69.2 Å². The van der Waals surface area contributed by atoms with Crippen LogP contribution in [0.1, 0.15) is 46.4 Å². The smallest absolute Gasteiger partial charge is 0.264 e. The average molecular weight is 525 g/mol. The quantitative estimate of drug-likeness (QED) is 0.638. The van der Waals surface area contributed by atoms with Crippen molar-refractivity contribution in [1.82, 2.24) is 15.1 Å². The van der Waals surface area contributed by atoms with Gasteiger partial charge in [-0.05, 0) is 56.0 Å². The first kappa shape index (κ1) is 25.3. The number of carbonyl (C=O) groups excluding carboxylic acids is 3. The Labute approximate surface area is 211 Å². The molecule has 4 rings (SSSR count). The summed E-state index contributed by atoms with van der Waals surface area (Å²) in [7, 11) is 0. The molecule has 35 heavy (non-hydrogen) atoms. The van der Waals surface area contributed by atoms with Crippen LogP contribution in [0.5, 0.6) is 0 Å². The van der Waals surface area contributed by atoms with Crippen molar-refractivity contribution >= 4 is 40.9 Å².